The van der Waals surface area contributed by atoms with Crippen molar-refractivity contribution in [3.05, 3.63) is 102 Å². The fourth-order valence-electron chi connectivity index (χ4n) is 4.31. The lowest BCUT2D eigenvalue weighted by Gasteiger charge is -2.19. The average molecular weight is 452 g/mol. The van der Waals surface area contributed by atoms with Crippen LogP contribution in [0.2, 0.25) is 0 Å². The van der Waals surface area contributed by atoms with E-state index in [1.807, 2.05) is 55.5 Å². The van der Waals surface area contributed by atoms with Crippen molar-refractivity contribution in [1.29, 1.82) is 0 Å². The number of rotatable bonds is 7. The third-order valence-corrected chi connectivity index (χ3v) is 5.93. The minimum atomic E-state index is -0.250. The molecule has 0 atom stereocenters. The summed E-state index contributed by atoms with van der Waals surface area (Å²) in [6, 6.07) is 28.6. The predicted octanol–water partition coefficient (Wildman–Crippen LogP) is 7.28. The molecule has 0 unspecified atom stereocenters. The summed E-state index contributed by atoms with van der Waals surface area (Å²) in [6.45, 7) is 7.33. The van der Waals surface area contributed by atoms with Gasteiger partial charge in [0.1, 0.15) is 29.5 Å². The first-order chi connectivity index (χ1) is 16.5. The van der Waals surface area contributed by atoms with Crippen LogP contribution in [-0.4, -0.2) is 17.2 Å². The summed E-state index contributed by atoms with van der Waals surface area (Å²) >= 11 is 0. The van der Waals surface area contributed by atoms with E-state index < -0.39 is 0 Å². The summed E-state index contributed by atoms with van der Waals surface area (Å²) in [7, 11) is 0. The smallest absolute Gasteiger partial charge is 0.131 e. The monoisotopic (exact) mass is 451 g/mol. The first-order valence-corrected chi connectivity index (χ1v) is 11.7. The fourth-order valence-corrected chi connectivity index (χ4v) is 4.31. The number of benzene rings is 3. The molecule has 2 heterocycles. The Hall–Kier alpha value is -3.79. The fraction of sp³-hybridized carbons (Fsp3) is 0.233. The van der Waals surface area contributed by atoms with Crippen molar-refractivity contribution in [3.63, 3.8) is 0 Å². The highest BCUT2D eigenvalue weighted by molar-refractivity contribution is 5.90. The maximum absolute atomic E-state index is 6.37. The summed E-state index contributed by atoms with van der Waals surface area (Å²) < 4.78 is 18.0. The summed E-state index contributed by atoms with van der Waals surface area (Å²) in [5, 5.41) is 1.13. The molecule has 1 aromatic heterocycles. The van der Waals surface area contributed by atoms with Gasteiger partial charge in [-0.15, -0.1) is 0 Å². The van der Waals surface area contributed by atoms with Gasteiger partial charge >= 0.3 is 0 Å². The van der Waals surface area contributed by atoms with Crippen LogP contribution in [0.3, 0.4) is 0 Å². The third-order valence-electron chi connectivity index (χ3n) is 5.93. The number of para-hydroxylation sites is 1. The maximum Gasteiger partial charge on any atom is 0.131 e. The molecule has 4 nitrogen and oxygen atoms in total. The second-order valence-electron chi connectivity index (χ2n) is 9.11. The topological polar surface area (TPSA) is 40.6 Å². The first kappa shape index (κ1) is 22.0. The Balaban J connectivity index is 1.34. The number of ether oxygens (including phenoxy) is 3. The minimum absolute atomic E-state index is 0.250. The van der Waals surface area contributed by atoms with E-state index in [-0.39, 0.29) is 5.60 Å². The maximum atomic E-state index is 6.37. The number of nitrogens with zero attached hydrogens (tertiary/aromatic N) is 1. The first-order valence-electron chi connectivity index (χ1n) is 11.7. The van der Waals surface area contributed by atoms with Crippen LogP contribution in [0.15, 0.2) is 84.9 Å². The standard InChI is InChI=1S/C30H29NO3/c1-4-32-25-17-12-23(13-18-25)29-27(19-30(2,3)34-29)21-10-15-26(16-11-21)33-20-24-14-9-22-7-5-6-8-28(22)31-24/h5-18H,4,19-20H2,1-3H3. The van der Waals surface area contributed by atoms with Crippen LogP contribution < -0.4 is 9.47 Å². The Labute approximate surface area is 200 Å². The molecule has 0 saturated heterocycles. The second-order valence-corrected chi connectivity index (χ2v) is 9.11. The van der Waals surface area contributed by atoms with Crippen LogP contribution in [0.1, 0.15) is 44.0 Å². The molecule has 0 bridgehead atoms. The average Bonchev–Trinajstić information content (AvgIpc) is 3.19. The van der Waals surface area contributed by atoms with Crippen LogP contribution in [0.5, 0.6) is 11.5 Å². The molecule has 4 aromatic rings. The molecule has 0 spiro atoms. The van der Waals surface area contributed by atoms with E-state index in [2.05, 4.69) is 50.2 Å². The van der Waals surface area contributed by atoms with Crippen molar-refractivity contribution >= 4 is 22.2 Å². The van der Waals surface area contributed by atoms with Crippen molar-refractivity contribution in [3.8, 4) is 11.5 Å². The number of hydrogen-bond donors (Lipinski definition) is 0. The van der Waals surface area contributed by atoms with Gasteiger partial charge in [0.05, 0.1) is 17.8 Å². The molecular formula is C30H29NO3. The molecule has 0 saturated carbocycles. The van der Waals surface area contributed by atoms with Crippen LogP contribution in [0, 0.1) is 0 Å². The highest BCUT2D eigenvalue weighted by Gasteiger charge is 2.33. The lowest BCUT2D eigenvalue weighted by Crippen LogP contribution is -2.17. The zero-order valence-corrected chi connectivity index (χ0v) is 19.9. The van der Waals surface area contributed by atoms with Crippen molar-refractivity contribution < 1.29 is 14.2 Å². The molecule has 0 amide bonds. The second kappa shape index (κ2) is 9.22. The van der Waals surface area contributed by atoms with Gasteiger partial charge in [0.15, 0.2) is 0 Å². The number of aromatic nitrogens is 1. The predicted molar refractivity (Wildman–Crippen MR) is 137 cm³/mol. The summed E-state index contributed by atoms with van der Waals surface area (Å²) in [5.74, 6) is 2.62. The summed E-state index contributed by atoms with van der Waals surface area (Å²) in [5.41, 5.74) is 5.06. The Morgan fingerprint density at radius 2 is 1.47 bits per heavy atom. The molecule has 5 rings (SSSR count). The van der Waals surface area contributed by atoms with Gasteiger partial charge in [-0.25, -0.2) is 4.98 Å². The van der Waals surface area contributed by atoms with E-state index in [9.17, 15) is 0 Å². The Morgan fingerprint density at radius 1 is 0.794 bits per heavy atom. The van der Waals surface area contributed by atoms with Crippen LogP contribution >= 0.6 is 0 Å². The van der Waals surface area contributed by atoms with Crippen molar-refractivity contribution in [2.45, 2.75) is 39.4 Å². The van der Waals surface area contributed by atoms with Gasteiger partial charge in [-0.3, -0.25) is 0 Å². The summed E-state index contributed by atoms with van der Waals surface area (Å²) in [6.07, 6.45) is 0.844. The molecule has 0 radical (unpaired) electrons. The van der Waals surface area contributed by atoms with Gasteiger partial charge in [-0.2, -0.15) is 0 Å². The van der Waals surface area contributed by atoms with Crippen LogP contribution in [-0.2, 0) is 11.3 Å². The number of fused-ring (bicyclic) bond motifs is 1. The molecule has 0 N–H and O–H groups in total. The Morgan fingerprint density at radius 3 is 2.21 bits per heavy atom. The van der Waals surface area contributed by atoms with Gasteiger partial charge in [0.25, 0.3) is 0 Å². The molecule has 1 aliphatic heterocycles. The normalized spacial score (nSPS) is 14.8. The number of pyridine rings is 1. The lowest BCUT2D eigenvalue weighted by molar-refractivity contribution is 0.101. The molecule has 0 aliphatic carbocycles. The van der Waals surface area contributed by atoms with Gasteiger partial charge in [-0.05, 0) is 74.9 Å². The third kappa shape index (κ3) is 4.76. The molecule has 34 heavy (non-hydrogen) atoms. The van der Waals surface area contributed by atoms with Gasteiger partial charge in [0, 0.05) is 22.9 Å². The zero-order valence-electron chi connectivity index (χ0n) is 19.9. The molecule has 1 aliphatic rings. The van der Waals surface area contributed by atoms with Crippen molar-refractivity contribution in [1.82, 2.24) is 4.98 Å². The van der Waals surface area contributed by atoms with Crippen molar-refractivity contribution in [2.24, 2.45) is 0 Å². The molecular weight excluding hydrogens is 422 g/mol. The largest absolute Gasteiger partial charge is 0.494 e. The quantitative estimate of drug-likeness (QED) is 0.296. The Kier molecular flexibility index (Phi) is 5.97. The van der Waals surface area contributed by atoms with Crippen LogP contribution in [0.25, 0.3) is 22.2 Å². The van der Waals surface area contributed by atoms with Crippen molar-refractivity contribution in [2.75, 3.05) is 6.61 Å². The highest BCUT2D eigenvalue weighted by Crippen LogP contribution is 2.44. The minimum Gasteiger partial charge on any atom is -0.494 e. The van der Waals surface area contributed by atoms with E-state index >= 15 is 0 Å². The van der Waals surface area contributed by atoms with E-state index in [1.54, 1.807) is 0 Å². The summed E-state index contributed by atoms with van der Waals surface area (Å²) in [4.78, 5) is 4.69. The van der Waals surface area contributed by atoms with E-state index in [1.165, 1.54) is 5.57 Å². The van der Waals surface area contributed by atoms with Gasteiger partial charge in [0.2, 0.25) is 0 Å². The van der Waals surface area contributed by atoms with Gasteiger partial charge < -0.3 is 14.2 Å². The highest BCUT2D eigenvalue weighted by atomic mass is 16.5. The SMILES string of the molecule is CCOc1ccc(C2=C(c3ccc(OCc4ccc5ccccc5n4)cc3)CC(C)(C)O2)cc1. The molecule has 4 heteroatoms. The molecule has 172 valence electrons. The van der Waals surface area contributed by atoms with Crippen LogP contribution in [0.4, 0.5) is 0 Å². The molecule has 0 fully saturated rings. The zero-order chi connectivity index (χ0) is 23.5. The molecule has 3 aromatic carbocycles. The number of hydrogen-bond acceptors (Lipinski definition) is 4. The van der Waals surface area contributed by atoms with E-state index in [4.69, 9.17) is 19.2 Å². The van der Waals surface area contributed by atoms with E-state index in [0.29, 0.717) is 13.2 Å². The lowest BCUT2D eigenvalue weighted by atomic mass is 9.94. The van der Waals surface area contributed by atoms with Gasteiger partial charge in [-0.1, -0.05) is 36.4 Å². The Bertz CT molecular complexity index is 1320. The van der Waals surface area contributed by atoms with E-state index in [0.717, 1.165) is 51.4 Å².